The molecule has 0 spiro atoms. The lowest BCUT2D eigenvalue weighted by Crippen LogP contribution is -2.49. The second-order valence-corrected chi connectivity index (χ2v) is 11.5. The largest absolute Gasteiger partial charge is 0.355 e. The van der Waals surface area contributed by atoms with E-state index < -0.39 is 0 Å². The van der Waals surface area contributed by atoms with Crippen molar-refractivity contribution in [2.24, 2.45) is 17.8 Å². The lowest BCUT2D eigenvalue weighted by atomic mass is 9.82. The van der Waals surface area contributed by atoms with Crippen molar-refractivity contribution in [1.82, 2.24) is 25.5 Å². The molecule has 9 heteroatoms. The predicted octanol–water partition coefficient (Wildman–Crippen LogP) is 4.21. The van der Waals surface area contributed by atoms with Crippen molar-refractivity contribution >= 4 is 17.5 Å². The van der Waals surface area contributed by atoms with Crippen molar-refractivity contribution in [3.05, 3.63) is 29.7 Å². The van der Waals surface area contributed by atoms with Crippen LogP contribution in [0.2, 0.25) is 0 Å². The Morgan fingerprint density at radius 3 is 2.47 bits per heavy atom. The van der Waals surface area contributed by atoms with Gasteiger partial charge in [-0.15, -0.1) is 0 Å². The van der Waals surface area contributed by atoms with Crippen LogP contribution in [0.1, 0.15) is 63.8 Å². The number of likely N-dealkylation sites (N-methyl/N-ethyl adjacent to an activating group) is 1. The van der Waals surface area contributed by atoms with Crippen molar-refractivity contribution in [1.29, 1.82) is 0 Å². The number of anilines is 1. The average molecular weight is 525 g/mol. The van der Waals surface area contributed by atoms with E-state index in [0.29, 0.717) is 36.0 Å². The number of fused-ring (bicyclic) bond motifs is 1. The molecule has 2 unspecified atom stereocenters. The Bertz CT molecular complexity index is 1090. The van der Waals surface area contributed by atoms with Gasteiger partial charge in [0.25, 0.3) is 5.91 Å². The molecule has 1 aliphatic heterocycles. The molecule has 2 heterocycles. The summed E-state index contributed by atoms with van der Waals surface area (Å²) in [6.07, 6.45) is 7.11. The highest BCUT2D eigenvalue weighted by Gasteiger charge is 2.37. The molecule has 1 aromatic carbocycles. The summed E-state index contributed by atoms with van der Waals surface area (Å²) in [5.74, 6) is 2.85. The summed E-state index contributed by atoms with van der Waals surface area (Å²) in [6.45, 7) is 10.8. The number of aryl methyl sites for hydroxylation is 2. The van der Waals surface area contributed by atoms with Crippen LogP contribution in [0.5, 0.6) is 0 Å². The Morgan fingerprint density at radius 2 is 1.84 bits per heavy atom. The number of nitrogens with one attached hydrogen (secondary N) is 1. The monoisotopic (exact) mass is 524 g/mol. The minimum Gasteiger partial charge on any atom is -0.355 e. The van der Waals surface area contributed by atoms with Crippen LogP contribution in [0.15, 0.2) is 22.7 Å². The second-order valence-electron chi connectivity index (χ2n) is 11.5. The molecular weight excluding hydrogens is 480 g/mol. The normalized spacial score (nSPS) is 19.4. The highest BCUT2D eigenvalue weighted by atomic mass is 16.5. The number of hydrogen-bond acceptors (Lipinski definition) is 7. The number of nitrogens with zero attached hydrogens (tertiary/aromatic N) is 5. The molecule has 0 bridgehead atoms. The van der Waals surface area contributed by atoms with Crippen molar-refractivity contribution in [2.45, 2.75) is 66.2 Å². The summed E-state index contributed by atoms with van der Waals surface area (Å²) < 4.78 is 5.17. The SMILES string of the molecule is Cc1nc(-c2ccc(C)c(N(CC(=O)NCCCC(C)C)CC(=O)N(C)N3CC4CCCCC4C3)c2)no1. The maximum Gasteiger partial charge on any atom is 0.256 e. The number of benzene rings is 1. The van der Waals surface area contributed by atoms with E-state index in [2.05, 4.69) is 34.3 Å². The summed E-state index contributed by atoms with van der Waals surface area (Å²) in [4.78, 5) is 32.8. The molecular formula is C29H44N6O3. The molecule has 9 nitrogen and oxygen atoms in total. The summed E-state index contributed by atoms with van der Waals surface area (Å²) in [5.41, 5.74) is 2.58. The molecule has 38 heavy (non-hydrogen) atoms. The third kappa shape index (κ3) is 7.12. The Morgan fingerprint density at radius 1 is 1.13 bits per heavy atom. The topological polar surface area (TPSA) is 94.8 Å². The summed E-state index contributed by atoms with van der Waals surface area (Å²) in [6, 6.07) is 5.86. The Balaban J connectivity index is 1.50. The highest BCUT2D eigenvalue weighted by molar-refractivity contribution is 5.87. The number of hydrogen-bond donors (Lipinski definition) is 1. The maximum atomic E-state index is 13.6. The first kappa shape index (κ1) is 28.1. The minimum absolute atomic E-state index is 0.0172. The molecule has 0 radical (unpaired) electrons. The van der Waals surface area contributed by atoms with E-state index in [1.807, 2.05) is 37.1 Å². The zero-order chi connectivity index (χ0) is 27.2. The fourth-order valence-electron chi connectivity index (χ4n) is 5.75. The van der Waals surface area contributed by atoms with Gasteiger partial charge in [-0.2, -0.15) is 4.98 Å². The Kier molecular flexibility index (Phi) is 9.41. The summed E-state index contributed by atoms with van der Waals surface area (Å²) in [5, 5.41) is 11.1. The van der Waals surface area contributed by atoms with Crippen molar-refractivity contribution < 1.29 is 14.1 Å². The number of hydrazine groups is 1. The van der Waals surface area contributed by atoms with E-state index in [1.165, 1.54) is 25.7 Å². The van der Waals surface area contributed by atoms with Gasteiger partial charge in [0, 0.05) is 44.9 Å². The van der Waals surface area contributed by atoms with E-state index in [0.717, 1.165) is 42.7 Å². The van der Waals surface area contributed by atoms with Gasteiger partial charge >= 0.3 is 0 Å². The lowest BCUT2D eigenvalue weighted by molar-refractivity contribution is -0.142. The summed E-state index contributed by atoms with van der Waals surface area (Å²) >= 11 is 0. The van der Waals surface area contributed by atoms with Crippen molar-refractivity contribution in [3.63, 3.8) is 0 Å². The molecule has 2 aliphatic rings. The van der Waals surface area contributed by atoms with E-state index in [9.17, 15) is 9.59 Å². The van der Waals surface area contributed by atoms with Gasteiger partial charge in [-0.1, -0.05) is 44.0 Å². The first-order valence-corrected chi connectivity index (χ1v) is 14.2. The number of rotatable bonds is 11. The maximum absolute atomic E-state index is 13.6. The van der Waals surface area contributed by atoms with Crippen LogP contribution in [-0.4, -0.2) is 71.7 Å². The minimum atomic E-state index is -0.0865. The lowest BCUT2D eigenvalue weighted by Gasteiger charge is -2.32. The molecule has 1 N–H and O–H groups in total. The van der Waals surface area contributed by atoms with Crippen LogP contribution in [0.4, 0.5) is 5.69 Å². The van der Waals surface area contributed by atoms with Gasteiger partial charge in [0.1, 0.15) is 0 Å². The molecule has 1 saturated heterocycles. The van der Waals surface area contributed by atoms with Gasteiger partial charge in [0.2, 0.25) is 17.6 Å². The number of aromatic nitrogens is 2. The molecule has 1 saturated carbocycles. The van der Waals surface area contributed by atoms with E-state index >= 15 is 0 Å². The quantitative estimate of drug-likeness (QED) is 0.440. The molecule has 1 aromatic heterocycles. The van der Waals surface area contributed by atoms with Crippen LogP contribution in [0.25, 0.3) is 11.4 Å². The van der Waals surface area contributed by atoms with Gasteiger partial charge in [-0.25, -0.2) is 5.01 Å². The van der Waals surface area contributed by atoms with E-state index in [-0.39, 0.29) is 24.9 Å². The standard InChI is InChI=1S/C29H44N6O3/c1-20(2)9-8-14-30-27(36)18-34(26-15-23(13-12-21(26)3)29-31-22(4)38-32-29)19-28(37)33(5)35-16-24-10-6-7-11-25(24)17-35/h12-13,15,20,24-25H,6-11,14,16-19H2,1-5H3,(H,30,36). The first-order valence-electron chi connectivity index (χ1n) is 14.2. The summed E-state index contributed by atoms with van der Waals surface area (Å²) in [7, 11) is 1.87. The van der Waals surface area contributed by atoms with Gasteiger partial charge in [0.05, 0.1) is 13.1 Å². The Labute approximate surface area is 226 Å². The second kappa shape index (κ2) is 12.7. The van der Waals surface area contributed by atoms with E-state index in [1.54, 1.807) is 11.9 Å². The fourth-order valence-corrected chi connectivity index (χ4v) is 5.75. The Hall–Kier alpha value is -2.94. The average Bonchev–Trinajstić information content (AvgIpc) is 3.52. The smallest absolute Gasteiger partial charge is 0.256 e. The van der Waals surface area contributed by atoms with Crippen molar-refractivity contribution in [2.75, 3.05) is 44.7 Å². The number of carbonyl (C=O) groups is 2. The van der Waals surface area contributed by atoms with Crippen LogP contribution in [0, 0.1) is 31.6 Å². The zero-order valence-corrected chi connectivity index (χ0v) is 23.7. The molecule has 2 aromatic rings. The van der Waals surface area contributed by atoms with Gasteiger partial charge in [-0.3, -0.25) is 14.6 Å². The van der Waals surface area contributed by atoms with Gasteiger partial charge in [0.15, 0.2) is 0 Å². The molecule has 2 amide bonds. The third-order valence-electron chi connectivity index (χ3n) is 8.02. The highest BCUT2D eigenvalue weighted by Crippen LogP contribution is 2.36. The van der Waals surface area contributed by atoms with Gasteiger partial charge in [-0.05, 0) is 62.0 Å². The third-order valence-corrected chi connectivity index (χ3v) is 8.02. The van der Waals surface area contributed by atoms with Crippen LogP contribution in [-0.2, 0) is 9.59 Å². The molecule has 2 atom stereocenters. The van der Waals surface area contributed by atoms with Crippen molar-refractivity contribution in [3.8, 4) is 11.4 Å². The zero-order valence-electron chi connectivity index (χ0n) is 23.7. The molecule has 4 rings (SSSR count). The molecule has 2 fully saturated rings. The van der Waals surface area contributed by atoms with Gasteiger partial charge < -0.3 is 14.7 Å². The number of carbonyl (C=O) groups excluding carboxylic acids is 2. The van der Waals surface area contributed by atoms with Crippen LogP contribution in [0.3, 0.4) is 0 Å². The predicted molar refractivity (Wildman–Crippen MR) is 148 cm³/mol. The first-order chi connectivity index (χ1) is 18.2. The fraction of sp³-hybridized carbons (Fsp3) is 0.655. The van der Waals surface area contributed by atoms with E-state index in [4.69, 9.17) is 4.52 Å². The van der Waals surface area contributed by atoms with Crippen LogP contribution < -0.4 is 10.2 Å². The molecule has 1 aliphatic carbocycles. The van der Waals surface area contributed by atoms with Crippen LogP contribution >= 0.6 is 0 Å². The number of amides is 2. The molecule has 208 valence electrons.